The minimum absolute atomic E-state index is 0.0471. The Morgan fingerprint density at radius 1 is 1.12 bits per heavy atom. The van der Waals surface area contributed by atoms with Gasteiger partial charge in [-0.2, -0.15) is 5.10 Å². The van der Waals surface area contributed by atoms with Gasteiger partial charge >= 0.3 is 5.97 Å². The molecule has 5 aromatic rings. The molecule has 6 rings (SSSR count). The SMILES string of the molecule is CCOC(=O)c1[nH]c2c(-c3c(C(CCNC)N4CCOCC4)nn(C)c3CC)c(Cl)ccc2c1CCCOc1cccc2cc(F)ccc12. The standard InChI is InChI=1S/C38H45ClFN5O4/c1-5-30-34(37(43-44(30)4)31(16-17-41-3)45-18-21-47-22-19-45)33-29(39)15-14-28-27(36(42-35(28)33)38(46)48-6-2)10-8-20-49-32-11-7-9-24-23-25(40)12-13-26(24)32/h7,9,11-15,23,31,41-42H,5-6,8,10,16-22H2,1-4H3. The molecular formula is C38H45ClFN5O4. The lowest BCUT2D eigenvalue weighted by atomic mass is 9.93. The van der Waals surface area contributed by atoms with Crippen LogP contribution in [0.15, 0.2) is 48.5 Å². The molecular weight excluding hydrogens is 645 g/mol. The van der Waals surface area contributed by atoms with Gasteiger partial charge in [0.05, 0.1) is 48.7 Å². The number of hydrogen-bond acceptors (Lipinski definition) is 7. The summed E-state index contributed by atoms with van der Waals surface area (Å²) in [6, 6.07) is 14.3. The van der Waals surface area contributed by atoms with E-state index in [1.165, 1.54) is 12.1 Å². The van der Waals surface area contributed by atoms with Gasteiger partial charge in [-0.05, 0) is 87.5 Å². The number of nitrogens with one attached hydrogen (secondary N) is 2. The second-order valence-corrected chi connectivity index (χ2v) is 12.8. The summed E-state index contributed by atoms with van der Waals surface area (Å²) >= 11 is 7.13. The van der Waals surface area contributed by atoms with Crippen molar-refractivity contribution in [2.45, 2.75) is 45.6 Å². The van der Waals surface area contributed by atoms with Gasteiger partial charge in [-0.3, -0.25) is 9.58 Å². The highest BCUT2D eigenvalue weighted by molar-refractivity contribution is 6.35. The number of H-pyrrole nitrogens is 1. The van der Waals surface area contributed by atoms with Crippen molar-refractivity contribution in [2.24, 2.45) is 7.05 Å². The topological polar surface area (TPSA) is 93.6 Å². The van der Waals surface area contributed by atoms with E-state index < -0.39 is 5.97 Å². The first kappa shape index (κ1) is 34.9. The summed E-state index contributed by atoms with van der Waals surface area (Å²) in [6.07, 6.45) is 2.82. The number of morpholine rings is 1. The molecule has 49 heavy (non-hydrogen) atoms. The summed E-state index contributed by atoms with van der Waals surface area (Å²) in [5.74, 6) is 0.00418. The molecule has 0 spiro atoms. The largest absolute Gasteiger partial charge is 0.493 e. The van der Waals surface area contributed by atoms with Crippen molar-refractivity contribution in [3.63, 3.8) is 0 Å². The summed E-state index contributed by atoms with van der Waals surface area (Å²) < 4.78 is 33.2. The van der Waals surface area contributed by atoms with Gasteiger partial charge in [0.25, 0.3) is 0 Å². The van der Waals surface area contributed by atoms with Crippen LogP contribution in [0.5, 0.6) is 5.75 Å². The number of aromatic amines is 1. The average Bonchev–Trinajstić information content (AvgIpc) is 3.64. The molecule has 1 aliphatic rings. The second kappa shape index (κ2) is 15.7. The van der Waals surface area contributed by atoms with Crippen molar-refractivity contribution in [3.05, 3.63) is 82.0 Å². The van der Waals surface area contributed by atoms with Gasteiger partial charge in [0.15, 0.2) is 0 Å². The summed E-state index contributed by atoms with van der Waals surface area (Å²) in [5.41, 5.74) is 5.97. The van der Waals surface area contributed by atoms with Crippen LogP contribution in [0.25, 0.3) is 32.8 Å². The van der Waals surface area contributed by atoms with Crippen LogP contribution < -0.4 is 10.1 Å². The van der Waals surface area contributed by atoms with Gasteiger partial charge in [0.1, 0.15) is 17.3 Å². The minimum Gasteiger partial charge on any atom is -0.493 e. The van der Waals surface area contributed by atoms with E-state index in [0.717, 1.165) is 82.2 Å². The van der Waals surface area contributed by atoms with Crippen LogP contribution in [0.3, 0.4) is 0 Å². The molecule has 9 nitrogen and oxygen atoms in total. The van der Waals surface area contributed by atoms with Gasteiger partial charge in [-0.25, -0.2) is 9.18 Å². The van der Waals surface area contributed by atoms with Crippen molar-refractivity contribution in [1.29, 1.82) is 0 Å². The zero-order valence-electron chi connectivity index (χ0n) is 28.7. The van der Waals surface area contributed by atoms with Gasteiger partial charge < -0.3 is 24.5 Å². The van der Waals surface area contributed by atoms with E-state index in [1.807, 2.05) is 49.1 Å². The van der Waals surface area contributed by atoms with E-state index in [4.69, 9.17) is 30.9 Å². The van der Waals surface area contributed by atoms with Crippen molar-refractivity contribution in [1.82, 2.24) is 25.0 Å². The van der Waals surface area contributed by atoms with Crippen LogP contribution in [0.2, 0.25) is 5.02 Å². The number of rotatable bonds is 14. The molecule has 0 radical (unpaired) electrons. The monoisotopic (exact) mass is 689 g/mol. The maximum absolute atomic E-state index is 13.8. The summed E-state index contributed by atoms with van der Waals surface area (Å²) in [4.78, 5) is 19.4. The van der Waals surface area contributed by atoms with Crippen LogP contribution in [-0.2, 0) is 29.4 Å². The lowest BCUT2D eigenvalue weighted by molar-refractivity contribution is 0.0135. The number of ether oxygens (including phenoxy) is 3. The maximum atomic E-state index is 13.8. The number of fused-ring (bicyclic) bond motifs is 2. The number of hydrogen-bond donors (Lipinski definition) is 2. The quantitative estimate of drug-likeness (QED) is 0.0938. The molecule has 260 valence electrons. The molecule has 1 unspecified atom stereocenters. The van der Waals surface area contributed by atoms with E-state index in [9.17, 15) is 9.18 Å². The highest BCUT2D eigenvalue weighted by Gasteiger charge is 2.32. The summed E-state index contributed by atoms with van der Waals surface area (Å²) in [7, 11) is 3.96. The number of carbonyl (C=O) groups is 1. The van der Waals surface area contributed by atoms with Crippen molar-refractivity contribution >= 4 is 39.2 Å². The van der Waals surface area contributed by atoms with E-state index in [2.05, 4.69) is 22.1 Å². The Kier molecular flexibility index (Phi) is 11.2. The minimum atomic E-state index is -0.407. The molecule has 1 saturated heterocycles. The smallest absolute Gasteiger partial charge is 0.355 e. The highest BCUT2D eigenvalue weighted by Crippen LogP contribution is 2.44. The van der Waals surface area contributed by atoms with Crippen LogP contribution in [0.1, 0.15) is 60.2 Å². The van der Waals surface area contributed by atoms with Crippen LogP contribution in [-0.4, -0.2) is 78.7 Å². The molecule has 1 aliphatic heterocycles. The Labute approximate surface area is 291 Å². The average molecular weight is 690 g/mol. The number of aryl methyl sites for hydroxylation is 2. The predicted molar refractivity (Wildman–Crippen MR) is 192 cm³/mol. The van der Waals surface area contributed by atoms with Crippen molar-refractivity contribution < 1.29 is 23.4 Å². The Morgan fingerprint density at radius 3 is 2.67 bits per heavy atom. The molecule has 11 heteroatoms. The van der Waals surface area contributed by atoms with Crippen LogP contribution in [0.4, 0.5) is 4.39 Å². The van der Waals surface area contributed by atoms with E-state index in [-0.39, 0.29) is 18.5 Å². The molecule has 0 amide bonds. The predicted octanol–water partition coefficient (Wildman–Crippen LogP) is 7.25. The molecule has 2 aromatic heterocycles. The molecule has 1 atom stereocenters. The molecule has 1 fully saturated rings. The zero-order valence-corrected chi connectivity index (χ0v) is 29.5. The van der Waals surface area contributed by atoms with Gasteiger partial charge in [-0.15, -0.1) is 0 Å². The number of halogens is 2. The van der Waals surface area contributed by atoms with Crippen molar-refractivity contribution in [2.75, 3.05) is 53.1 Å². The fourth-order valence-electron chi connectivity index (χ4n) is 7.11. The first-order valence-electron chi connectivity index (χ1n) is 17.2. The van der Waals surface area contributed by atoms with E-state index in [1.54, 1.807) is 13.0 Å². The fraction of sp³-hybridized carbons (Fsp3) is 0.421. The Bertz CT molecular complexity index is 1930. The maximum Gasteiger partial charge on any atom is 0.355 e. The Hall–Kier alpha value is -3.96. The fourth-order valence-corrected chi connectivity index (χ4v) is 7.36. The Morgan fingerprint density at radius 2 is 1.92 bits per heavy atom. The summed E-state index contributed by atoms with van der Waals surface area (Å²) in [6.45, 7) is 8.43. The highest BCUT2D eigenvalue weighted by atomic mass is 35.5. The van der Waals surface area contributed by atoms with Gasteiger partial charge in [0, 0.05) is 47.7 Å². The number of esters is 1. The number of carbonyl (C=O) groups excluding carboxylic acids is 1. The first-order chi connectivity index (χ1) is 23.9. The number of nitrogens with zero attached hydrogens (tertiary/aromatic N) is 3. The molecule has 3 aromatic carbocycles. The van der Waals surface area contributed by atoms with Gasteiger partial charge in [0.2, 0.25) is 0 Å². The molecule has 0 bridgehead atoms. The molecule has 2 N–H and O–H groups in total. The summed E-state index contributed by atoms with van der Waals surface area (Å²) in [5, 5.41) is 11.6. The second-order valence-electron chi connectivity index (χ2n) is 12.4. The lowest BCUT2D eigenvalue weighted by Crippen LogP contribution is -2.40. The lowest BCUT2D eigenvalue weighted by Gasteiger charge is -2.34. The number of aromatic nitrogens is 3. The zero-order chi connectivity index (χ0) is 34.5. The normalized spacial score (nSPS) is 14.5. The number of benzene rings is 3. The van der Waals surface area contributed by atoms with E-state index in [0.29, 0.717) is 49.1 Å². The third-order valence-electron chi connectivity index (χ3n) is 9.39. The molecule has 0 aliphatic carbocycles. The first-order valence-corrected chi connectivity index (χ1v) is 17.6. The van der Waals surface area contributed by atoms with Crippen LogP contribution in [0, 0.1) is 5.82 Å². The third kappa shape index (κ3) is 7.19. The van der Waals surface area contributed by atoms with Crippen molar-refractivity contribution in [3.8, 4) is 16.9 Å². The van der Waals surface area contributed by atoms with Gasteiger partial charge in [-0.1, -0.05) is 36.7 Å². The third-order valence-corrected chi connectivity index (χ3v) is 9.70. The van der Waals surface area contributed by atoms with E-state index >= 15 is 0 Å². The molecule has 3 heterocycles. The molecule has 0 saturated carbocycles. The van der Waals surface area contributed by atoms with Crippen LogP contribution >= 0.6 is 11.6 Å². The Balaban J connectivity index is 1.40.